The number of hydrogen-bond acceptors (Lipinski definition) is 5. The van der Waals surface area contributed by atoms with Crippen molar-refractivity contribution in [3.63, 3.8) is 0 Å². The van der Waals surface area contributed by atoms with Gasteiger partial charge in [0, 0.05) is 30.2 Å². The summed E-state index contributed by atoms with van der Waals surface area (Å²) in [4.78, 5) is 0.550. The Hall–Kier alpha value is -1.86. The van der Waals surface area contributed by atoms with Gasteiger partial charge in [-0.1, -0.05) is 18.2 Å². The maximum absolute atomic E-state index is 12.9. The van der Waals surface area contributed by atoms with Gasteiger partial charge in [-0.05, 0) is 43.5 Å². The number of ether oxygens (including phenoxy) is 1. The molecular weight excluding hydrogens is 398 g/mol. The van der Waals surface area contributed by atoms with Crippen LogP contribution in [0.3, 0.4) is 0 Å². The Labute approximate surface area is 170 Å². The average Bonchev–Trinajstić information content (AvgIpc) is 3.09. The maximum atomic E-state index is 12.9. The number of nitrogens with one attached hydrogen (secondary N) is 1. The summed E-state index contributed by atoms with van der Waals surface area (Å²) in [6, 6.07) is 13.7. The molecule has 0 bridgehead atoms. The van der Waals surface area contributed by atoms with Gasteiger partial charge in [-0.3, -0.25) is 0 Å². The van der Waals surface area contributed by atoms with Crippen LogP contribution in [0.5, 0.6) is 0 Å². The lowest BCUT2D eigenvalue weighted by molar-refractivity contribution is 0.00539. The fourth-order valence-corrected chi connectivity index (χ4v) is 5.59. The first-order valence-electron chi connectivity index (χ1n) is 9.29. The minimum atomic E-state index is -3.57. The fourth-order valence-electron chi connectivity index (χ4n) is 4.29. The molecule has 28 heavy (non-hydrogen) atoms. The summed E-state index contributed by atoms with van der Waals surface area (Å²) in [5.74, 6) is 0.915. The Morgan fingerprint density at radius 2 is 1.86 bits per heavy atom. The van der Waals surface area contributed by atoms with E-state index in [2.05, 4.69) is 5.32 Å². The van der Waals surface area contributed by atoms with Crippen molar-refractivity contribution < 1.29 is 17.6 Å². The molecule has 2 aliphatic heterocycles. The summed E-state index contributed by atoms with van der Waals surface area (Å²) in [5.41, 5.74) is 1.52. The van der Waals surface area contributed by atoms with Crippen molar-refractivity contribution >= 4 is 33.2 Å². The van der Waals surface area contributed by atoms with E-state index < -0.39 is 9.84 Å². The molecule has 5 nitrogen and oxygen atoms in total. The van der Waals surface area contributed by atoms with E-state index in [1.165, 1.54) is 5.56 Å². The molecule has 0 amide bonds. The molecule has 2 aromatic carbocycles. The molecule has 148 valence electrons. The van der Waals surface area contributed by atoms with E-state index in [4.69, 9.17) is 9.15 Å². The molecule has 1 saturated heterocycles. The van der Waals surface area contributed by atoms with Gasteiger partial charge in [-0.15, -0.1) is 12.4 Å². The molecule has 7 heteroatoms. The third kappa shape index (κ3) is 2.95. The van der Waals surface area contributed by atoms with Crippen LogP contribution in [-0.4, -0.2) is 28.2 Å². The van der Waals surface area contributed by atoms with Crippen molar-refractivity contribution in [1.82, 2.24) is 5.32 Å². The second kappa shape index (κ2) is 7.19. The van der Waals surface area contributed by atoms with Gasteiger partial charge in [0.1, 0.15) is 16.9 Å². The Kier molecular flexibility index (Phi) is 5.00. The minimum absolute atomic E-state index is 0. The molecule has 5 rings (SSSR count). The van der Waals surface area contributed by atoms with Gasteiger partial charge in [0.05, 0.1) is 16.4 Å². The highest BCUT2D eigenvalue weighted by atomic mass is 35.5. The molecule has 2 aliphatic rings. The van der Waals surface area contributed by atoms with Crippen LogP contribution in [0.25, 0.3) is 11.0 Å². The van der Waals surface area contributed by atoms with Gasteiger partial charge in [0.25, 0.3) is 0 Å². The van der Waals surface area contributed by atoms with Gasteiger partial charge in [0.2, 0.25) is 9.84 Å². The maximum Gasteiger partial charge on any atom is 0.206 e. The highest BCUT2D eigenvalue weighted by Crippen LogP contribution is 2.41. The molecule has 3 heterocycles. The Morgan fingerprint density at radius 3 is 2.61 bits per heavy atom. The standard InChI is InChI=1S/C21H21NO4S.ClH/c23-27(24,15-5-2-1-3-6-15)16-7-8-17-18-9-11-22-21(10-4-12-25-14-21)20(18)26-19(17)13-16;/h1-3,5-8,13,22H,4,9-12,14H2;1H. The molecule has 0 aliphatic carbocycles. The zero-order valence-corrected chi connectivity index (χ0v) is 16.9. The summed E-state index contributed by atoms with van der Waals surface area (Å²) in [6.07, 6.45) is 2.82. The zero-order valence-electron chi connectivity index (χ0n) is 15.3. The Bertz CT molecular complexity index is 1100. The van der Waals surface area contributed by atoms with Crippen LogP contribution in [-0.2, 0) is 26.5 Å². The SMILES string of the molecule is Cl.O=S(=O)(c1ccccc1)c1ccc2c3c(oc2c1)C1(CCCOC1)NCC3. The number of furan rings is 1. The smallest absolute Gasteiger partial charge is 0.206 e. The molecule has 1 fully saturated rings. The highest BCUT2D eigenvalue weighted by molar-refractivity contribution is 7.91. The van der Waals surface area contributed by atoms with Gasteiger partial charge < -0.3 is 14.5 Å². The molecular formula is C21H22ClNO4S. The number of benzene rings is 2. The minimum Gasteiger partial charge on any atom is -0.459 e. The van der Waals surface area contributed by atoms with Crippen LogP contribution in [0, 0.1) is 0 Å². The molecule has 1 aromatic heterocycles. The van der Waals surface area contributed by atoms with Crippen molar-refractivity contribution in [2.24, 2.45) is 0 Å². The molecule has 0 radical (unpaired) electrons. The van der Waals surface area contributed by atoms with Crippen molar-refractivity contribution in [3.8, 4) is 0 Å². The topological polar surface area (TPSA) is 68.5 Å². The largest absolute Gasteiger partial charge is 0.459 e. The summed E-state index contributed by atoms with van der Waals surface area (Å²) in [6.45, 7) is 2.24. The van der Waals surface area contributed by atoms with Gasteiger partial charge in [-0.25, -0.2) is 8.42 Å². The quantitative estimate of drug-likeness (QED) is 0.683. The van der Waals surface area contributed by atoms with Crippen LogP contribution in [0.2, 0.25) is 0 Å². The number of fused-ring (bicyclic) bond motifs is 4. The second-order valence-electron chi connectivity index (χ2n) is 7.30. The average molecular weight is 420 g/mol. The molecule has 1 atom stereocenters. The lowest BCUT2D eigenvalue weighted by Gasteiger charge is -2.39. The predicted octanol–water partition coefficient (Wildman–Crippen LogP) is 3.84. The van der Waals surface area contributed by atoms with Gasteiger partial charge in [0.15, 0.2) is 0 Å². The highest BCUT2D eigenvalue weighted by Gasteiger charge is 2.42. The Balaban J connectivity index is 0.00000192. The monoisotopic (exact) mass is 419 g/mol. The third-order valence-electron chi connectivity index (χ3n) is 5.64. The summed E-state index contributed by atoms with van der Waals surface area (Å²) >= 11 is 0. The van der Waals surface area contributed by atoms with Crippen molar-refractivity contribution in [3.05, 3.63) is 59.9 Å². The van der Waals surface area contributed by atoms with E-state index in [1.807, 2.05) is 12.1 Å². The van der Waals surface area contributed by atoms with Crippen LogP contribution >= 0.6 is 12.4 Å². The van der Waals surface area contributed by atoms with Crippen LogP contribution < -0.4 is 5.32 Å². The first-order chi connectivity index (χ1) is 13.1. The van der Waals surface area contributed by atoms with E-state index in [0.717, 1.165) is 43.6 Å². The van der Waals surface area contributed by atoms with Crippen molar-refractivity contribution in [2.45, 2.75) is 34.6 Å². The van der Waals surface area contributed by atoms with E-state index in [0.29, 0.717) is 17.1 Å². The number of hydrogen-bond donors (Lipinski definition) is 1. The lowest BCUT2D eigenvalue weighted by atomic mass is 9.83. The van der Waals surface area contributed by atoms with E-state index in [9.17, 15) is 8.42 Å². The second-order valence-corrected chi connectivity index (χ2v) is 9.25. The van der Waals surface area contributed by atoms with E-state index in [-0.39, 0.29) is 22.8 Å². The van der Waals surface area contributed by atoms with Crippen LogP contribution in [0.1, 0.15) is 24.2 Å². The van der Waals surface area contributed by atoms with Crippen LogP contribution in [0.4, 0.5) is 0 Å². The number of rotatable bonds is 2. The van der Waals surface area contributed by atoms with Gasteiger partial charge >= 0.3 is 0 Å². The molecule has 1 N–H and O–H groups in total. The van der Waals surface area contributed by atoms with Gasteiger partial charge in [-0.2, -0.15) is 0 Å². The van der Waals surface area contributed by atoms with Crippen molar-refractivity contribution in [1.29, 1.82) is 0 Å². The summed E-state index contributed by atoms with van der Waals surface area (Å²) < 4.78 is 37.9. The fraction of sp³-hybridized carbons (Fsp3) is 0.333. The number of sulfone groups is 1. The third-order valence-corrected chi connectivity index (χ3v) is 7.41. The van der Waals surface area contributed by atoms with E-state index in [1.54, 1.807) is 36.4 Å². The normalized spacial score (nSPS) is 22.0. The first-order valence-corrected chi connectivity index (χ1v) is 10.8. The zero-order chi connectivity index (χ0) is 18.5. The molecule has 3 aromatic rings. The molecule has 1 spiro atoms. The summed E-state index contributed by atoms with van der Waals surface area (Å²) in [7, 11) is -3.57. The Morgan fingerprint density at radius 1 is 1.04 bits per heavy atom. The molecule has 1 unspecified atom stereocenters. The number of halogens is 1. The first kappa shape index (κ1) is 19.5. The van der Waals surface area contributed by atoms with E-state index >= 15 is 0 Å². The predicted molar refractivity (Wildman–Crippen MR) is 109 cm³/mol. The lowest BCUT2D eigenvalue weighted by Crippen LogP contribution is -2.52. The summed E-state index contributed by atoms with van der Waals surface area (Å²) in [5, 5.41) is 4.59. The van der Waals surface area contributed by atoms with Crippen LogP contribution in [0.15, 0.2) is 62.7 Å². The molecule has 0 saturated carbocycles. The van der Waals surface area contributed by atoms with Crippen molar-refractivity contribution in [2.75, 3.05) is 19.8 Å².